The molecule has 2 aliphatic heterocycles. The Bertz CT molecular complexity index is 584. The number of likely N-dealkylation sites (tertiary alicyclic amines) is 1. The second-order valence-electron chi connectivity index (χ2n) is 6.70. The molecule has 2 heterocycles. The maximum absolute atomic E-state index is 12.7. The van der Waals surface area contributed by atoms with E-state index in [0.29, 0.717) is 23.1 Å². The van der Waals surface area contributed by atoms with Crippen LogP contribution in [0.15, 0.2) is 24.3 Å². The topological polar surface area (TPSA) is 61.4 Å². The van der Waals surface area contributed by atoms with Crippen LogP contribution < -0.4 is 10.6 Å². The highest BCUT2D eigenvalue weighted by Crippen LogP contribution is 2.37. The van der Waals surface area contributed by atoms with Crippen molar-refractivity contribution >= 4 is 17.5 Å². The molecule has 0 aromatic heterocycles. The van der Waals surface area contributed by atoms with Gasteiger partial charge in [-0.15, -0.1) is 0 Å². The molecule has 5 heteroatoms. The summed E-state index contributed by atoms with van der Waals surface area (Å²) in [5.74, 6) is 0.0293. The molecule has 0 saturated carbocycles. The van der Waals surface area contributed by atoms with Gasteiger partial charge in [-0.3, -0.25) is 9.59 Å². The van der Waals surface area contributed by atoms with Crippen molar-refractivity contribution in [3.8, 4) is 0 Å². The highest BCUT2D eigenvalue weighted by Gasteiger charge is 2.38. The van der Waals surface area contributed by atoms with Crippen LogP contribution in [-0.2, 0) is 4.79 Å². The molecular weight excluding hydrogens is 290 g/mol. The fraction of sp³-hybridized carbons (Fsp3) is 0.556. The van der Waals surface area contributed by atoms with E-state index in [9.17, 15) is 9.59 Å². The Kier molecular flexibility index (Phi) is 4.66. The zero-order chi connectivity index (χ0) is 16.3. The number of carbonyl (C=O) groups excluding carboxylic acids is 2. The minimum Gasteiger partial charge on any atom is -0.339 e. The van der Waals surface area contributed by atoms with E-state index in [4.69, 9.17) is 0 Å². The zero-order valence-corrected chi connectivity index (χ0v) is 13.7. The van der Waals surface area contributed by atoms with Gasteiger partial charge in [0, 0.05) is 37.3 Å². The number of anilines is 1. The average Bonchev–Trinajstić information content (AvgIpc) is 3.03. The molecule has 1 aromatic carbocycles. The van der Waals surface area contributed by atoms with Crippen LogP contribution in [0.2, 0.25) is 0 Å². The standard InChI is InChI=1S/C18H25N3O2/c1-2-16(22)20-15-5-3-4-14(12-15)17(23)21-10-7-18(8-11-21)6-9-19-13-18/h3-5,12,19H,2,6-11,13H2,1H3,(H,20,22). The molecule has 0 bridgehead atoms. The number of piperidine rings is 1. The van der Waals surface area contributed by atoms with Crippen LogP contribution in [0.5, 0.6) is 0 Å². The Balaban J connectivity index is 1.64. The molecule has 23 heavy (non-hydrogen) atoms. The summed E-state index contributed by atoms with van der Waals surface area (Å²) in [6, 6.07) is 7.24. The van der Waals surface area contributed by atoms with Gasteiger partial charge in [-0.2, -0.15) is 0 Å². The third-order valence-electron chi connectivity index (χ3n) is 5.16. The minimum absolute atomic E-state index is 0.0387. The van der Waals surface area contributed by atoms with E-state index < -0.39 is 0 Å². The van der Waals surface area contributed by atoms with Crippen LogP contribution in [-0.4, -0.2) is 42.9 Å². The minimum atomic E-state index is -0.0387. The molecule has 2 aliphatic rings. The number of hydrogen-bond donors (Lipinski definition) is 2. The Labute approximate surface area is 137 Å². The van der Waals surface area contributed by atoms with Gasteiger partial charge in [0.2, 0.25) is 5.91 Å². The van der Waals surface area contributed by atoms with Crippen LogP contribution in [0.4, 0.5) is 5.69 Å². The number of amides is 2. The van der Waals surface area contributed by atoms with Crippen molar-refractivity contribution in [2.24, 2.45) is 5.41 Å². The summed E-state index contributed by atoms with van der Waals surface area (Å²) in [6.45, 7) is 5.66. The highest BCUT2D eigenvalue weighted by atomic mass is 16.2. The number of hydrogen-bond acceptors (Lipinski definition) is 3. The van der Waals surface area contributed by atoms with E-state index in [0.717, 1.165) is 39.0 Å². The van der Waals surface area contributed by atoms with Crippen molar-refractivity contribution in [3.63, 3.8) is 0 Å². The van der Waals surface area contributed by atoms with E-state index in [1.807, 2.05) is 30.0 Å². The highest BCUT2D eigenvalue weighted by molar-refractivity contribution is 5.97. The lowest BCUT2D eigenvalue weighted by atomic mass is 9.78. The van der Waals surface area contributed by atoms with Gasteiger partial charge < -0.3 is 15.5 Å². The molecule has 0 atom stereocenters. The van der Waals surface area contributed by atoms with Gasteiger partial charge in [0.25, 0.3) is 5.91 Å². The molecule has 5 nitrogen and oxygen atoms in total. The lowest BCUT2D eigenvalue weighted by Crippen LogP contribution is -2.44. The van der Waals surface area contributed by atoms with Crippen LogP contribution in [0.25, 0.3) is 0 Å². The molecule has 2 N–H and O–H groups in total. The summed E-state index contributed by atoms with van der Waals surface area (Å²) in [4.78, 5) is 26.2. The van der Waals surface area contributed by atoms with Gasteiger partial charge >= 0.3 is 0 Å². The van der Waals surface area contributed by atoms with Gasteiger partial charge in [-0.05, 0) is 49.4 Å². The summed E-state index contributed by atoms with van der Waals surface area (Å²) < 4.78 is 0. The van der Waals surface area contributed by atoms with Crippen molar-refractivity contribution in [1.82, 2.24) is 10.2 Å². The molecule has 1 aromatic rings. The van der Waals surface area contributed by atoms with Crippen molar-refractivity contribution in [3.05, 3.63) is 29.8 Å². The largest absolute Gasteiger partial charge is 0.339 e. The molecule has 0 unspecified atom stereocenters. The molecule has 2 fully saturated rings. The Morgan fingerprint density at radius 2 is 2.04 bits per heavy atom. The third-order valence-corrected chi connectivity index (χ3v) is 5.16. The van der Waals surface area contributed by atoms with E-state index in [1.165, 1.54) is 6.42 Å². The molecule has 1 spiro atoms. The van der Waals surface area contributed by atoms with Crippen LogP contribution in [0, 0.1) is 5.41 Å². The lowest BCUT2D eigenvalue weighted by Gasteiger charge is -2.39. The first-order chi connectivity index (χ1) is 11.1. The van der Waals surface area contributed by atoms with Gasteiger partial charge in [0.15, 0.2) is 0 Å². The van der Waals surface area contributed by atoms with Crippen LogP contribution >= 0.6 is 0 Å². The molecule has 2 saturated heterocycles. The maximum atomic E-state index is 12.7. The molecular formula is C18H25N3O2. The lowest BCUT2D eigenvalue weighted by molar-refractivity contribution is -0.115. The van der Waals surface area contributed by atoms with Crippen molar-refractivity contribution in [2.75, 3.05) is 31.5 Å². The summed E-state index contributed by atoms with van der Waals surface area (Å²) in [5.41, 5.74) is 1.75. The quantitative estimate of drug-likeness (QED) is 0.899. The van der Waals surface area contributed by atoms with Crippen molar-refractivity contribution < 1.29 is 9.59 Å². The Hall–Kier alpha value is -1.88. The van der Waals surface area contributed by atoms with Gasteiger partial charge in [-0.25, -0.2) is 0 Å². The zero-order valence-electron chi connectivity index (χ0n) is 13.7. The molecule has 3 rings (SSSR count). The second kappa shape index (κ2) is 6.71. The fourth-order valence-corrected chi connectivity index (χ4v) is 3.57. The van der Waals surface area contributed by atoms with Gasteiger partial charge in [0.05, 0.1) is 0 Å². The van der Waals surface area contributed by atoms with E-state index in [2.05, 4.69) is 10.6 Å². The maximum Gasteiger partial charge on any atom is 0.253 e. The number of nitrogens with one attached hydrogen (secondary N) is 2. The molecule has 2 amide bonds. The number of carbonyl (C=O) groups is 2. The smallest absolute Gasteiger partial charge is 0.253 e. The van der Waals surface area contributed by atoms with Crippen LogP contribution in [0.1, 0.15) is 43.0 Å². The molecule has 124 valence electrons. The van der Waals surface area contributed by atoms with E-state index >= 15 is 0 Å². The van der Waals surface area contributed by atoms with Gasteiger partial charge in [0.1, 0.15) is 0 Å². The first-order valence-electron chi connectivity index (χ1n) is 8.52. The third kappa shape index (κ3) is 3.55. The predicted molar refractivity (Wildman–Crippen MR) is 90.4 cm³/mol. The Morgan fingerprint density at radius 3 is 2.70 bits per heavy atom. The molecule has 0 aliphatic carbocycles. The summed E-state index contributed by atoms with van der Waals surface area (Å²) in [6.07, 6.45) is 3.82. The van der Waals surface area contributed by atoms with Gasteiger partial charge in [-0.1, -0.05) is 13.0 Å². The summed E-state index contributed by atoms with van der Waals surface area (Å²) in [7, 11) is 0. The summed E-state index contributed by atoms with van der Waals surface area (Å²) >= 11 is 0. The van der Waals surface area contributed by atoms with Crippen LogP contribution in [0.3, 0.4) is 0 Å². The number of nitrogens with zero attached hydrogens (tertiary/aromatic N) is 1. The number of rotatable bonds is 3. The predicted octanol–water partition coefficient (Wildman–Crippen LogP) is 2.25. The fourth-order valence-electron chi connectivity index (χ4n) is 3.57. The Morgan fingerprint density at radius 1 is 1.26 bits per heavy atom. The number of benzene rings is 1. The average molecular weight is 315 g/mol. The first kappa shape index (κ1) is 16.0. The monoisotopic (exact) mass is 315 g/mol. The van der Waals surface area contributed by atoms with Crippen molar-refractivity contribution in [2.45, 2.75) is 32.6 Å². The molecule has 0 radical (unpaired) electrons. The second-order valence-corrected chi connectivity index (χ2v) is 6.70. The van der Waals surface area contributed by atoms with Crippen molar-refractivity contribution in [1.29, 1.82) is 0 Å². The first-order valence-corrected chi connectivity index (χ1v) is 8.52. The normalized spacial score (nSPS) is 19.8. The van der Waals surface area contributed by atoms with E-state index in [1.54, 1.807) is 6.07 Å². The SMILES string of the molecule is CCC(=O)Nc1cccc(C(=O)N2CCC3(CCNC3)CC2)c1. The summed E-state index contributed by atoms with van der Waals surface area (Å²) in [5, 5.41) is 6.26. The van der Waals surface area contributed by atoms with E-state index in [-0.39, 0.29) is 11.8 Å².